The summed E-state index contributed by atoms with van der Waals surface area (Å²) in [5.41, 5.74) is 1.48. The summed E-state index contributed by atoms with van der Waals surface area (Å²) in [6, 6.07) is 15.2. The van der Waals surface area contributed by atoms with Crippen LogP contribution in [0.5, 0.6) is 0 Å². The van der Waals surface area contributed by atoms with E-state index in [4.69, 9.17) is 11.6 Å². The Bertz CT molecular complexity index is 1340. The average Bonchev–Trinajstić information content (AvgIpc) is 2.82. The molecule has 0 saturated heterocycles. The number of amides is 1. The maximum Gasteiger partial charge on any atom is 0.262 e. The van der Waals surface area contributed by atoms with Crippen molar-refractivity contribution >= 4 is 40.2 Å². The third-order valence-corrected chi connectivity index (χ3v) is 6.41. The van der Waals surface area contributed by atoms with Gasteiger partial charge in [-0.15, -0.1) is 0 Å². The van der Waals surface area contributed by atoms with Gasteiger partial charge in [0.25, 0.3) is 5.56 Å². The quantitative estimate of drug-likeness (QED) is 0.289. The SMILES string of the molecule is CN(Cc1c(F)cccc1Cl)C(=O)CSc1nc2ccccc2c(=O)n1Cc1cccnc1. The Labute approximate surface area is 199 Å². The van der Waals surface area contributed by atoms with Gasteiger partial charge in [-0.3, -0.25) is 19.1 Å². The Morgan fingerprint density at radius 3 is 2.73 bits per heavy atom. The topological polar surface area (TPSA) is 68.1 Å². The number of fused-ring (bicyclic) bond motifs is 1. The number of aromatic nitrogens is 3. The number of carbonyl (C=O) groups is 1. The van der Waals surface area contributed by atoms with E-state index in [0.717, 1.165) is 17.3 Å². The van der Waals surface area contributed by atoms with Crippen LogP contribution >= 0.6 is 23.4 Å². The molecular weight excluding hydrogens is 463 g/mol. The Hall–Kier alpha value is -3.23. The van der Waals surface area contributed by atoms with Crippen LogP contribution in [0.15, 0.2) is 76.9 Å². The molecule has 4 rings (SSSR count). The third kappa shape index (κ3) is 5.23. The molecule has 168 valence electrons. The summed E-state index contributed by atoms with van der Waals surface area (Å²) >= 11 is 7.25. The molecule has 0 saturated carbocycles. The minimum atomic E-state index is -0.462. The molecule has 0 atom stereocenters. The first-order valence-corrected chi connectivity index (χ1v) is 11.5. The van der Waals surface area contributed by atoms with Crippen molar-refractivity contribution in [1.29, 1.82) is 0 Å². The number of hydrogen-bond donors (Lipinski definition) is 0. The molecule has 9 heteroatoms. The second kappa shape index (κ2) is 10.1. The molecule has 0 spiro atoms. The zero-order valence-electron chi connectivity index (χ0n) is 17.7. The summed E-state index contributed by atoms with van der Waals surface area (Å²) in [6.45, 7) is 0.320. The van der Waals surface area contributed by atoms with Gasteiger partial charge in [0.1, 0.15) is 5.82 Å². The molecule has 2 aromatic heterocycles. The number of benzene rings is 2. The van der Waals surface area contributed by atoms with E-state index in [1.165, 1.54) is 17.0 Å². The van der Waals surface area contributed by atoms with Crippen LogP contribution in [0.25, 0.3) is 10.9 Å². The lowest BCUT2D eigenvalue weighted by Gasteiger charge is -2.19. The molecule has 6 nitrogen and oxygen atoms in total. The van der Waals surface area contributed by atoms with Gasteiger partial charge in [0.2, 0.25) is 5.91 Å². The van der Waals surface area contributed by atoms with E-state index < -0.39 is 5.82 Å². The predicted octanol–water partition coefficient (Wildman–Crippen LogP) is 4.38. The summed E-state index contributed by atoms with van der Waals surface area (Å²) < 4.78 is 15.6. The first-order valence-electron chi connectivity index (χ1n) is 10.1. The highest BCUT2D eigenvalue weighted by atomic mass is 35.5. The summed E-state index contributed by atoms with van der Waals surface area (Å²) in [5, 5.41) is 1.19. The molecule has 0 unspecified atom stereocenters. The predicted molar refractivity (Wildman–Crippen MR) is 128 cm³/mol. The Morgan fingerprint density at radius 1 is 1.15 bits per heavy atom. The van der Waals surface area contributed by atoms with E-state index in [-0.39, 0.29) is 40.9 Å². The lowest BCUT2D eigenvalue weighted by atomic mass is 10.2. The number of para-hydroxylation sites is 1. The van der Waals surface area contributed by atoms with Gasteiger partial charge in [-0.25, -0.2) is 9.37 Å². The molecule has 0 N–H and O–H groups in total. The first kappa shape index (κ1) is 22.9. The van der Waals surface area contributed by atoms with Gasteiger partial charge in [-0.2, -0.15) is 0 Å². The Morgan fingerprint density at radius 2 is 1.97 bits per heavy atom. The molecule has 2 aromatic carbocycles. The van der Waals surface area contributed by atoms with Crippen molar-refractivity contribution < 1.29 is 9.18 Å². The van der Waals surface area contributed by atoms with Gasteiger partial charge in [0.15, 0.2) is 5.16 Å². The second-order valence-corrected chi connectivity index (χ2v) is 8.75. The van der Waals surface area contributed by atoms with Gasteiger partial charge in [0, 0.05) is 36.6 Å². The molecule has 0 radical (unpaired) electrons. The number of halogens is 2. The highest BCUT2D eigenvalue weighted by Crippen LogP contribution is 2.22. The van der Waals surface area contributed by atoms with Gasteiger partial charge in [-0.1, -0.05) is 47.6 Å². The molecule has 4 aromatic rings. The second-order valence-electron chi connectivity index (χ2n) is 7.40. The van der Waals surface area contributed by atoms with E-state index in [9.17, 15) is 14.0 Å². The van der Waals surface area contributed by atoms with E-state index in [1.807, 2.05) is 12.1 Å². The fraction of sp³-hybridized carbons (Fsp3) is 0.167. The molecule has 0 fully saturated rings. The average molecular weight is 483 g/mol. The molecule has 33 heavy (non-hydrogen) atoms. The van der Waals surface area contributed by atoms with E-state index in [1.54, 1.807) is 54.3 Å². The first-order chi connectivity index (χ1) is 15.9. The Balaban J connectivity index is 1.58. The van der Waals surface area contributed by atoms with Crippen molar-refractivity contribution in [3.05, 3.63) is 99.3 Å². The lowest BCUT2D eigenvalue weighted by molar-refractivity contribution is -0.127. The van der Waals surface area contributed by atoms with Crippen LogP contribution in [-0.4, -0.2) is 38.1 Å². The van der Waals surface area contributed by atoms with Crippen LogP contribution < -0.4 is 5.56 Å². The molecule has 0 aliphatic carbocycles. The van der Waals surface area contributed by atoms with Crippen LogP contribution in [-0.2, 0) is 17.9 Å². The zero-order valence-corrected chi connectivity index (χ0v) is 19.3. The molecule has 0 aliphatic rings. The maximum atomic E-state index is 14.1. The highest BCUT2D eigenvalue weighted by molar-refractivity contribution is 7.99. The third-order valence-electron chi connectivity index (χ3n) is 5.10. The van der Waals surface area contributed by atoms with Crippen LogP contribution in [0.1, 0.15) is 11.1 Å². The summed E-state index contributed by atoms with van der Waals surface area (Å²) in [7, 11) is 1.59. The number of hydrogen-bond acceptors (Lipinski definition) is 5. The molecule has 1 amide bonds. The smallest absolute Gasteiger partial charge is 0.262 e. The van der Waals surface area contributed by atoms with Crippen molar-refractivity contribution in [2.45, 2.75) is 18.2 Å². The largest absolute Gasteiger partial charge is 0.341 e. The standard InChI is InChI=1S/C24H20ClFN4O2S/c1-29(14-18-19(25)8-4-9-20(18)26)22(31)15-33-24-28-21-10-3-2-7-17(21)23(32)30(24)13-16-6-5-11-27-12-16/h2-12H,13-15H2,1H3. The minimum absolute atomic E-state index is 0.0282. The fourth-order valence-electron chi connectivity index (χ4n) is 3.32. The lowest BCUT2D eigenvalue weighted by Crippen LogP contribution is -2.29. The van der Waals surface area contributed by atoms with Crippen LogP contribution in [0.4, 0.5) is 4.39 Å². The molecule has 0 bridgehead atoms. The minimum Gasteiger partial charge on any atom is -0.341 e. The van der Waals surface area contributed by atoms with Gasteiger partial charge >= 0.3 is 0 Å². The fourth-order valence-corrected chi connectivity index (χ4v) is 4.48. The van der Waals surface area contributed by atoms with Crippen molar-refractivity contribution in [2.75, 3.05) is 12.8 Å². The van der Waals surface area contributed by atoms with Crippen molar-refractivity contribution in [2.24, 2.45) is 0 Å². The van der Waals surface area contributed by atoms with Gasteiger partial charge in [-0.05, 0) is 35.9 Å². The number of thioether (sulfide) groups is 1. The Kier molecular flexibility index (Phi) is 7.05. The van der Waals surface area contributed by atoms with Crippen LogP contribution in [0, 0.1) is 5.82 Å². The van der Waals surface area contributed by atoms with Gasteiger partial charge < -0.3 is 4.90 Å². The summed E-state index contributed by atoms with van der Waals surface area (Å²) in [5.74, 6) is -0.675. The number of rotatable bonds is 7. The number of nitrogens with zero attached hydrogens (tertiary/aromatic N) is 4. The van der Waals surface area contributed by atoms with Crippen molar-refractivity contribution in [1.82, 2.24) is 19.4 Å². The normalized spacial score (nSPS) is 11.0. The van der Waals surface area contributed by atoms with E-state index >= 15 is 0 Å². The van der Waals surface area contributed by atoms with Crippen LogP contribution in [0.2, 0.25) is 5.02 Å². The maximum absolute atomic E-state index is 14.1. The van der Waals surface area contributed by atoms with E-state index in [2.05, 4.69) is 9.97 Å². The highest BCUT2D eigenvalue weighted by Gasteiger charge is 2.17. The zero-order chi connectivity index (χ0) is 23.4. The van der Waals surface area contributed by atoms with Crippen molar-refractivity contribution in [3.63, 3.8) is 0 Å². The van der Waals surface area contributed by atoms with Crippen LogP contribution in [0.3, 0.4) is 0 Å². The number of pyridine rings is 1. The number of carbonyl (C=O) groups excluding carboxylic acids is 1. The summed E-state index contributed by atoms with van der Waals surface area (Å²) in [6.07, 6.45) is 3.35. The van der Waals surface area contributed by atoms with E-state index in [0.29, 0.717) is 16.1 Å². The molecule has 2 heterocycles. The monoisotopic (exact) mass is 482 g/mol. The molecule has 0 aliphatic heterocycles. The van der Waals surface area contributed by atoms with Gasteiger partial charge in [0.05, 0.1) is 23.2 Å². The van der Waals surface area contributed by atoms with Crippen molar-refractivity contribution in [3.8, 4) is 0 Å². The molecular formula is C24H20ClFN4O2S. The summed E-state index contributed by atoms with van der Waals surface area (Å²) in [4.78, 5) is 36.1.